The zero-order valence-corrected chi connectivity index (χ0v) is 10.9. The van der Waals surface area contributed by atoms with Crippen molar-refractivity contribution in [1.82, 2.24) is 4.98 Å². The predicted octanol–water partition coefficient (Wildman–Crippen LogP) is 3.34. The lowest BCUT2D eigenvalue weighted by Gasteiger charge is -2.17. The van der Waals surface area contributed by atoms with E-state index in [1.807, 2.05) is 11.9 Å². The Morgan fingerprint density at radius 2 is 1.88 bits per heavy atom. The first kappa shape index (κ1) is 11.8. The molecule has 0 N–H and O–H groups in total. The minimum atomic E-state index is 0.649. The van der Waals surface area contributed by atoms with Gasteiger partial charge in [0.2, 0.25) is 0 Å². The fourth-order valence-corrected chi connectivity index (χ4v) is 2.45. The van der Waals surface area contributed by atoms with Gasteiger partial charge in [0.25, 0.3) is 0 Å². The van der Waals surface area contributed by atoms with Gasteiger partial charge in [-0.15, -0.1) is 0 Å². The Labute approximate surface area is 105 Å². The summed E-state index contributed by atoms with van der Waals surface area (Å²) >= 11 is 1.39. The summed E-state index contributed by atoms with van der Waals surface area (Å²) in [5.41, 5.74) is 3.53. The number of hydrogen-bond donors (Lipinski definition) is 0. The van der Waals surface area contributed by atoms with Crippen LogP contribution in [-0.4, -0.2) is 18.3 Å². The van der Waals surface area contributed by atoms with E-state index in [9.17, 15) is 4.79 Å². The largest absolute Gasteiger partial charge is 0.321 e. The molecule has 4 heteroatoms. The number of aromatic nitrogens is 1. The second-order valence-corrected chi connectivity index (χ2v) is 5.11. The first-order valence-electron chi connectivity index (χ1n) is 5.33. The third-order valence-corrected chi connectivity index (χ3v) is 3.51. The molecule has 17 heavy (non-hydrogen) atoms. The lowest BCUT2D eigenvalue weighted by Crippen LogP contribution is -2.09. The van der Waals surface area contributed by atoms with Crippen molar-refractivity contribution in [3.05, 3.63) is 40.4 Å². The van der Waals surface area contributed by atoms with Crippen LogP contribution in [0.5, 0.6) is 0 Å². The maximum atomic E-state index is 10.6. The normalized spacial score (nSPS) is 10.3. The van der Waals surface area contributed by atoms with Crippen LogP contribution in [0.2, 0.25) is 0 Å². The second-order valence-electron chi connectivity index (χ2n) is 4.07. The highest BCUT2D eigenvalue weighted by Gasteiger charge is 2.09. The van der Waals surface area contributed by atoms with E-state index in [2.05, 4.69) is 37.0 Å². The lowest BCUT2D eigenvalue weighted by atomic mass is 10.1. The number of hydrogen-bond acceptors (Lipinski definition) is 4. The van der Waals surface area contributed by atoms with E-state index in [4.69, 9.17) is 0 Å². The molecule has 88 valence electrons. The fourth-order valence-electron chi connectivity index (χ4n) is 1.74. The number of rotatable bonds is 3. The number of thiazole rings is 1. The molecule has 0 saturated heterocycles. The summed E-state index contributed by atoms with van der Waals surface area (Å²) in [5.74, 6) is 0. The topological polar surface area (TPSA) is 33.2 Å². The monoisotopic (exact) mass is 246 g/mol. The number of aryl methyl sites for hydroxylation is 2. The van der Waals surface area contributed by atoms with Crippen molar-refractivity contribution < 1.29 is 4.79 Å². The third kappa shape index (κ3) is 2.53. The van der Waals surface area contributed by atoms with Gasteiger partial charge < -0.3 is 4.90 Å². The van der Waals surface area contributed by atoms with Gasteiger partial charge in [-0.3, -0.25) is 4.79 Å². The SMILES string of the molecule is Cc1cc(C)cc(N(C)c2ncc(C=O)s2)c1. The van der Waals surface area contributed by atoms with Crippen molar-refractivity contribution in [2.24, 2.45) is 0 Å². The number of carbonyl (C=O) groups is 1. The molecule has 3 nitrogen and oxygen atoms in total. The van der Waals surface area contributed by atoms with E-state index in [-0.39, 0.29) is 0 Å². The summed E-state index contributed by atoms with van der Waals surface area (Å²) in [6.45, 7) is 4.14. The van der Waals surface area contributed by atoms with Crippen molar-refractivity contribution in [3.63, 3.8) is 0 Å². The quantitative estimate of drug-likeness (QED) is 0.779. The molecule has 0 fully saturated rings. The van der Waals surface area contributed by atoms with Crippen LogP contribution in [0.15, 0.2) is 24.4 Å². The maximum Gasteiger partial charge on any atom is 0.190 e. The molecular weight excluding hydrogens is 232 g/mol. The summed E-state index contributed by atoms with van der Waals surface area (Å²) in [7, 11) is 1.96. The number of aldehydes is 1. The number of benzene rings is 1. The Bertz CT molecular complexity index is 528. The van der Waals surface area contributed by atoms with Crippen LogP contribution in [-0.2, 0) is 0 Å². The van der Waals surface area contributed by atoms with Gasteiger partial charge in [0, 0.05) is 12.7 Å². The molecule has 2 aromatic rings. The molecular formula is C13H14N2OS. The molecule has 0 aliphatic heterocycles. The summed E-state index contributed by atoms with van der Waals surface area (Å²) in [6, 6.07) is 6.35. The maximum absolute atomic E-state index is 10.6. The summed E-state index contributed by atoms with van der Waals surface area (Å²) < 4.78 is 0. The highest BCUT2D eigenvalue weighted by Crippen LogP contribution is 2.28. The zero-order valence-electron chi connectivity index (χ0n) is 10.1. The van der Waals surface area contributed by atoms with Crippen LogP contribution in [0.4, 0.5) is 10.8 Å². The van der Waals surface area contributed by atoms with E-state index in [0.717, 1.165) is 17.1 Å². The first-order valence-corrected chi connectivity index (χ1v) is 6.15. The van der Waals surface area contributed by atoms with Crippen molar-refractivity contribution in [3.8, 4) is 0 Å². The predicted molar refractivity (Wildman–Crippen MR) is 71.5 cm³/mol. The Hall–Kier alpha value is -1.68. The van der Waals surface area contributed by atoms with Gasteiger partial charge in [-0.2, -0.15) is 0 Å². The third-order valence-electron chi connectivity index (χ3n) is 2.51. The van der Waals surface area contributed by atoms with E-state index < -0.39 is 0 Å². The first-order chi connectivity index (χ1) is 8.10. The molecule has 0 amide bonds. The molecule has 0 unspecified atom stereocenters. The Morgan fingerprint density at radius 3 is 2.41 bits per heavy atom. The molecule has 0 aliphatic carbocycles. The molecule has 0 atom stereocenters. The molecule has 0 saturated carbocycles. The molecule has 1 aromatic heterocycles. The van der Waals surface area contributed by atoms with Gasteiger partial charge >= 0.3 is 0 Å². The average molecular weight is 246 g/mol. The summed E-state index contributed by atoms with van der Waals surface area (Å²) in [6.07, 6.45) is 2.43. The van der Waals surface area contributed by atoms with Gasteiger partial charge in [-0.05, 0) is 37.1 Å². The Morgan fingerprint density at radius 1 is 1.24 bits per heavy atom. The Balaban J connectivity index is 2.35. The highest BCUT2D eigenvalue weighted by atomic mass is 32.1. The van der Waals surface area contributed by atoms with E-state index in [0.29, 0.717) is 4.88 Å². The molecule has 0 radical (unpaired) electrons. The standard InChI is InChI=1S/C13H14N2OS/c1-9-4-10(2)6-11(5-9)15(3)13-14-7-12(8-16)17-13/h4-8H,1-3H3. The Kier molecular flexibility index (Phi) is 3.24. The van der Waals surface area contributed by atoms with Crippen molar-refractivity contribution in [1.29, 1.82) is 0 Å². The zero-order chi connectivity index (χ0) is 12.4. The number of anilines is 2. The minimum Gasteiger partial charge on any atom is -0.321 e. The van der Waals surface area contributed by atoms with E-state index >= 15 is 0 Å². The van der Waals surface area contributed by atoms with Gasteiger partial charge in [0.1, 0.15) is 0 Å². The van der Waals surface area contributed by atoms with Crippen LogP contribution in [0, 0.1) is 13.8 Å². The van der Waals surface area contributed by atoms with Crippen molar-refractivity contribution in [2.45, 2.75) is 13.8 Å². The molecule has 0 aliphatic rings. The van der Waals surface area contributed by atoms with Crippen molar-refractivity contribution >= 4 is 28.4 Å². The molecule has 0 spiro atoms. The van der Waals surface area contributed by atoms with Crippen LogP contribution in [0.25, 0.3) is 0 Å². The van der Waals surface area contributed by atoms with Gasteiger partial charge in [0.05, 0.1) is 11.1 Å². The molecule has 2 rings (SSSR count). The van der Waals surface area contributed by atoms with E-state index in [1.165, 1.54) is 22.5 Å². The van der Waals surface area contributed by atoms with Gasteiger partial charge in [-0.25, -0.2) is 4.98 Å². The number of nitrogens with zero attached hydrogens (tertiary/aromatic N) is 2. The van der Waals surface area contributed by atoms with Crippen molar-refractivity contribution in [2.75, 3.05) is 11.9 Å². The van der Waals surface area contributed by atoms with E-state index in [1.54, 1.807) is 6.20 Å². The van der Waals surface area contributed by atoms with Gasteiger partial charge in [-0.1, -0.05) is 17.4 Å². The fraction of sp³-hybridized carbons (Fsp3) is 0.231. The van der Waals surface area contributed by atoms with Gasteiger partial charge in [0.15, 0.2) is 11.4 Å². The van der Waals surface area contributed by atoms with Crippen LogP contribution < -0.4 is 4.90 Å². The summed E-state index contributed by atoms with van der Waals surface area (Å²) in [4.78, 5) is 17.5. The second kappa shape index (κ2) is 4.67. The van der Waals surface area contributed by atoms with Crippen LogP contribution in [0.3, 0.4) is 0 Å². The summed E-state index contributed by atoms with van der Waals surface area (Å²) in [5, 5.41) is 0.831. The molecule has 1 heterocycles. The van der Waals surface area contributed by atoms with Crippen LogP contribution >= 0.6 is 11.3 Å². The minimum absolute atomic E-state index is 0.649. The lowest BCUT2D eigenvalue weighted by molar-refractivity contribution is 0.112. The molecule has 1 aromatic carbocycles. The highest BCUT2D eigenvalue weighted by molar-refractivity contribution is 7.17. The van der Waals surface area contributed by atoms with Crippen LogP contribution in [0.1, 0.15) is 20.8 Å². The smallest absolute Gasteiger partial charge is 0.190 e. The number of carbonyl (C=O) groups excluding carboxylic acids is 1. The average Bonchev–Trinajstić information content (AvgIpc) is 2.75. The molecule has 0 bridgehead atoms.